The lowest BCUT2D eigenvalue weighted by atomic mass is 10.1. The number of thiophene rings is 1. The maximum absolute atomic E-state index is 9.61. The molecular weight excluding hydrogens is 483 g/mol. The summed E-state index contributed by atoms with van der Waals surface area (Å²) >= 11 is 1.75. The molecule has 0 spiro atoms. The average molecular weight is 514 g/mol. The van der Waals surface area contributed by atoms with Gasteiger partial charge in [-0.1, -0.05) is 30.3 Å². The van der Waals surface area contributed by atoms with Crippen molar-refractivity contribution in [1.82, 2.24) is 15.5 Å². The molecule has 1 fully saturated rings. The van der Waals surface area contributed by atoms with Crippen molar-refractivity contribution in [3.8, 4) is 0 Å². The van der Waals surface area contributed by atoms with Crippen molar-refractivity contribution >= 4 is 41.3 Å². The zero-order valence-electron chi connectivity index (χ0n) is 16.6. The summed E-state index contributed by atoms with van der Waals surface area (Å²) in [4.78, 5) is 8.04. The lowest BCUT2D eigenvalue weighted by molar-refractivity contribution is 0.0792. The summed E-state index contributed by atoms with van der Waals surface area (Å²) in [6.45, 7) is 5.81. The molecule has 5 nitrogen and oxygen atoms in total. The van der Waals surface area contributed by atoms with Crippen molar-refractivity contribution < 1.29 is 5.11 Å². The highest BCUT2D eigenvalue weighted by atomic mass is 127. The maximum Gasteiger partial charge on any atom is 0.191 e. The number of likely N-dealkylation sites (tertiary alicyclic amines) is 1. The largest absolute Gasteiger partial charge is 0.393 e. The Morgan fingerprint density at radius 3 is 2.50 bits per heavy atom. The van der Waals surface area contributed by atoms with Crippen LogP contribution < -0.4 is 10.6 Å². The standard InChI is InChI=1S/C21H30N4OS.HI/c1-16(20-4-3-13-27-20)24-21(22-2)23-14-17-5-7-18(8-6-17)15-25-11-9-19(26)10-12-25;/h3-8,13,16,19,26H,9-12,14-15H2,1-2H3,(H2,22,23,24);1H. The molecule has 1 aliphatic rings. The Kier molecular flexibility index (Phi) is 9.70. The highest BCUT2D eigenvalue weighted by Gasteiger charge is 2.16. The summed E-state index contributed by atoms with van der Waals surface area (Å²) in [5.74, 6) is 0.812. The van der Waals surface area contributed by atoms with Gasteiger partial charge in [-0.05, 0) is 42.3 Å². The fraction of sp³-hybridized carbons (Fsp3) is 0.476. The maximum atomic E-state index is 9.61. The zero-order valence-corrected chi connectivity index (χ0v) is 19.7. The van der Waals surface area contributed by atoms with E-state index < -0.39 is 0 Å². The summed E-state index contributed by atoms with van der Waals surface area (Å²) in [5.41, 5.74) is 2.56. The number of halogens is 1. The lowest BCUT2D eigenvalue weighted by Gasteiger charge is -2.29. The van der Waals surface area contributed by atoms with Gasteiger partial charge in [-0.3, -0.25) is 9.89 Å². The molecule has 0 bridgehead atoms. The molecule has 2 heterocycles. The fourth-order valence-corrected chi connectivity index (χ4v) is 4.03. The number of nitrogens with zero attached hydrogens (tertiary/aromatic N) is 2. The van der Waals surface area contributed by atoms with E-state index in [1.54, 1.807) is 18.4 Å². The normalized spacial score (nSPS) is 17.0. The van der Waals surface area contributed by atoms with E-state index in [2.05, 4.69) is 69.2 Å². The van der Waals surface area contributed by atoms with E-state index in [1.807, 2.05) is 0 Å². The third kappa shape index (κ3) is 7.02. The molecule has 1 unspecified atom stereocenters. The van der Waals surface area contributed by atoms with Crippen LogP contribution in [0.15, 0.2) is 46.8 Å². The van der Waals surface area contributed by atoms with Crippen molar-refractivity contribution in [2.75, 3.05) is 20.1 Å². The van der Waals surface area contributed by atoms with E-state index in [4.69, 9.17) is 0 Å². The number of guanidine groups is 1. The number of rotatable bonds is 6. The molecule has 0 amide bonds. The lowest BCUT2D eigenvalue weighted by Crippen LogP contribution is -2.38. The van der Waals surface area contributed by atoms with Crippen molar-refractivity contribution in [3.63, 3.8) is 0 Å². The summed E-state index contributed by atoms with van der Waals surface area (Å²) < 4.78 is 0. The van der Waals surface area contributed by atoms with Crippen molar-refractivity contribution in [3.05, 3.63) is 57.8 Å². The average Bonchev–Trinajstić information content (AvgIpc) is 3.23. The van der Waals surface area contributed by atoms with E-state index in [1.165, 1.54) is 16.0 Å². The second-order valence-electron chi connectivity index (χ2n) is 7.13. The Bertz CT molecular complexity index is 713. The topological polar surface area (TPSA) is 59.9 Å². The van der Waals surface area contributed by atoms with Gasteiger partial charge in [0.25, 0.3) is 0 Å². The number of benzene rings is 1. The molecule has 154 valence electrons. The van der Waals surface area contributed by atoms with E-state index in [0.29, 0.717) is 0 Å². The summed E-state index contributed by atoms with van der Waals surface area (Å²) in [5, 5.41) is 18.5. The van der Waals surface area contributed by atoms with Gasteiger partial charge in [-0.25, -0.2) is 0 Å². The van der Waals surface area contributed by atoms with E-state index in [0.717, 1.165) is 45.0 Å². The third-order valence-electron chi connectivity index (χ3n) is 4.99. The van der Waals surface area contributed by atoms with Gasteiger partial charge in [-0.2, -0.15) is 0 Å². The van der Waals surface area contributed by atoms with Crippen molar-refractivity contribution in [2.45, 2.75) is 45.0 Å². The molecule has 28 heavy (non-hydrogen) atoms. The van der Waals surface area contributed by atoms with Gasteiger partial charge in [0.2, 0.25) is 0 Å². The van der Waals surface area contributed by atoms with Crippen LogP contribution in [0.1, 0.15) is 41.8 Å². The van der Waals surface area contributed by atoms with Crippen LogP contribution in [-0.4, -0.2) is 42.2 Å². The predicted octanol–water partition coefficient (Wildman–Crippen LogP) is 3.75. The van der Waals surface area contributed by atoms with Crippen molar-refractivity contribution in [1.29, 1.82) is 0 Å². The molecule has 3 rings (SSSR count). The number of aliphatic hydroxyl groups is 1. The summed E-state index contributed by atoms with van der Waals surface area (Å²) in [6.07, 6.45) is 1.66. The highest BCUT2D eigenvalue weighted by molar-refractivity contribution is 14.0. The number of hydrogen-bond acceptors (Lipinski definition) is 4. The van der Waals surface area contributed by atoms with Crippen LogP contribution >= 0.6 is 35.3 Å². The zero-order chi connectivity index (χ0) is 19.1. The Morgan fingerprint density at radius 2 is 1.89 bits per heavy atom. The molecule has 1 saturated heterocycles. The first-order valence-electron chi connectivity index (χ1n) is 9.63. The van der Waals surface area contributed by atoms with Gasteiger partial charge in [0.1, 0.15) is 0 Å². The Labute approximate surface area is 189 Å². The summed E-state index contributed by atoms with van der Waals surface area (Å²) in [6, 6.07) is 13.2. The minimum absolute atomic E-state index is 0. The first kappa shape index (κ1) is 23.1. The van der Waals surface area contributed by atoms with Crippen LogP contribution in [0.25, 0.3) is 0 Å². The van der Waals surface area contributed by atoms with Gasteiger partial charge in [0.15, 0.2) is 5.96 Å². The molecular formula is C21H31IN4OS. The molecule has 2 aromatic rings. The second kappa shape index (κ2) is 11.7. The number of hydrogen-bond donors (Lipinski definition) is 3. The van der Waals surface area contributed by atoms with Gasteiger partial charge in [-0.15, -0.1) is 35.3 Å². The quantitative estimate of drug-likeness (QED) is 0.312. The fourth-order valence-electron chi connectivity index (χ4n) is 3.29. The highest BCUT2D eigenvalue weighted by Crippen LogP contribution is 2.18. The van der Waals surface area contributed by atoms with E-state index in [-0.39, 0.29) is 36.1 Å². The first-order valence-corrected chi connectivity index (χ1v) is 10.5. The van der Waals surface area contributed by atoms with Gasteiger partial charge >= 0.3 is 0 Å². The Balaban J connectivity index is 0.00000280. The molecule has 1 aromatic carbocycles. The van der Waals surface area contributed by atoms with Crippen molar-refractivity contribution in [2.24, 2.45) is 4.99 Å². The SMILES string of the molecule is CN=C(NCc1ccc(CN2CCC(O)CC2)cc1)NC(C)c1cccs1.I. The van der Waals surface area contributed by atoms with Crippen LogP contribution in [0.3, 0.4) is 0 Å². The molecule has 3 N–H and O–H groups in total. The summed E-state index contributed by atoms with van der Waals surface area (Å²) in [7, 11) is 1.80. The second-order valence-corrected chi connectivity index (χ2v) is 8.11. The number of aliphatic hydroxyl groups excluding tert-OH is 1. The van der Waals surface area contributed by atoms with Crippen LogP contribution in [0.2, 0.25) is 0 Å². The van der Waals surface area contributed by atoms with Gasteiger partial charge < -0.3 is 15.7 Å². The molecule has 1 aromatic heterocycles. The molecule has 0 aliphatic carbocycles. The predicted molar refractivity (Wildman–Crippen MR) is 128 cm³/mol. The minimum Gasteiger partial charge on any atom is -0.393 e. The third-order valence-corrected chi connectivity index (χ3v) is 6.05. The molecule has 1 atom stereocenters. The molecule has 0 saturated carbocycles. The smallest absolute Gasteiger partial charge is 0.191 e. The monoisotopic (exact) mass is 514 g/mol. The molecule has 7 heteroatoms. The van der Waals surface area contributed by atoms with Gasteiger partial charge in [0, 0.05) is 38.1 Å². The number of nitrogens with one attached hydrogen (secondary N) is 2. The van der Waals surface area contributed by atoms with Crippen LogP contribution in [0, 0.1) is 0 Å². The van der Waals surface area contributed by atoms with Crippen LogP contribution in [-0.2, 0) is 13.1 Å². The van der Waals surface area contributed by atoms with Gasteiger partial charge in [0.05, 0.1) is 12.1 Å². The van der Waals surface area contributed by atoms with Crippen LogP contribution in [0.4, 0.5) is 0 Å². The van der Waals surface area contributed by atoms with Crippen LogP contribution in [0.5, 0.6) is 0 Å². The molecule has 0 radical (unpaired) electrons. The number of piperidine rings is 1. The molecule has 1 aliphatic heterocycles. The van der Waals surface area contributed by atoms with E-state index >= 15 is 0 Å². The first-order chi connectivity index (χ1) is 13.1. The minimum atomic E-state index is -0.111. The van der Waals surface area contributed by atoms with E-state index in [9.17, 15) is 5.11 Å². The Hall–Kier alpha value is -1.16. The number of aliphatic imine (C=N–C) groups is 1. The Morgan fingerprint density at radius 1 is 1.21 bits per heavy atom.